The van der Waals surface area contributed by atoms with Gasteiger partial charge < -0.3 is 14.6 Å². The SMILES string of the molecule is CCOC(C)CCCCOCCO. The summed E-state index contributed by atoms with van der Waals surface area (Å²) in [5.41, 5.74) is 0. The fourth-order valence-electron chi connectivity index (χ4n) is 1.17. The molecule has 0 radical (unpaired) electrons. The third-order valence-electron chi connectivity index (χ3n) is 1.84. The number of aliphatic hydroxyl groups excluding tert-OH is 1. The average molecular weight is 190 g/mol. The molecule has 0 saturated heterocycles. The monoisotopic (exact) mass is 190 g/mol. The van der Waals surface area contributed by atoms with E-state index in [1.54, 1.807) is 0 Å². The van der Waals surface area contributed by atoms with Gasteiger partial charge >= 0.3 is 0 Å². The largest absolute Gasteiger partial charge is 0.394 e. The average Bonchev–Trinajstić information content (AvgIpc) is 2.11. The van der Waals surface area contributed by atoms with Gasteiger partial charge in [-0.05, 0) is 33.1 Å². The van der Waals surface area contributed by atoms with Crippen molar-refractivity contribution in [2.24, 2.45) is 0 Å². The van der Waals surface area contributed by atoms with E-state index in [9.17, 15) is 0 Å². The molecule has 1 N–H and O–H groups in total. The molecule has 0 aliphatic rings. The van der Waals surface area contributed by atoms with Crippen molar-refractivity contribution in [2.75, 3.05) is 26.4 Å². The van der Waals surface area contributed by atoms with Crippen molar-refractivity contribution in [2.45, 2.75) is 39.2 Å². The maximum atomic E-state index is 8.44. The summed E-state index contributed by atoms with van der Waals surface area (Å²) in [7, 11) is 0. The molecule has 0 saturated carbocycles. The Morgan fingerprint density at radius 1 is 1.23 bits per heavy atom. The van der Waals surface area contributed by atoms with Crippen LogP contribution in [-0.2, 0) is 9.47 Å². The lowest BCUT2D eigenvalue weighted by molar-refractivity contribution is 0.0613. The van der Waals surface area contributed by atoms with E-state index >= 15 is 0 Å². The molecule has 0 rings (SSSR count). The van der Waals surface area contributed by atoms with Gasteiger partial charge in [0.25, 0.3) is 0 Å². The summed E-state index contributed by atoms with van der Waals surface area (Å²) >= 11 is 0. The van der Waals surface area contributed by atoms with Gasteiger partial charge in [-0.2, -0.15) is 0 Å². The van der Waals surface area contributed by atoms with Gasteiger partial charge in [-0.15, -0.1) is 0 Å². The lowest BCUT2D eigenvalue weighted by atomic mass is 10.2. The van der Waals surface area contributed by atoms with Crippen LogP contribution in [0.3, 0.4) is 0 Å². The van der Waals surface area contributed by atoms with Gasteiger partial charge in [0, 0.05) is 13.2 Å². The minimum Gasteiger partial charge on any atom is -0.394 e. The number of hydrogen-bond acceptors (Lipinski definition) is 3. The first-order chi connectivity index (χ1) is 6.31. The Balaban J connectivity index is 2.97. The molecular formula is C10H22O3. The standard InChI is InChI=1S/C10H22O3/c1-3-13-10(2)6-4-5-8-12-9-7-11/h10-11H,3-9H2,1-2H3. The highest BCUT2D eigenvalue weighted by atomic mass is 16.5. The Kier molecular flexibility index (Phi) is 9.87. The first kappa shape index (κ1) is 12.9. The molecule has 0 heterocycles. The molecule has 0 spiro atoms. The molecule has 0 aliphatic heterocycles. The maximum Gasteiger partial charge on any atom is 0.0697 e. The van der Waals surface area contributed by atoms with Gasteiger partial charge in [-0.3, -0.25) is 0 Å². The molecule has 0 amide bonds. The molecule has 1 unspecified atom stereocenters. The minimum atomic E-state index is 0.120. The van der Waals surface area contributed by atoms with Crippen molar-refractivity contribution in [3.05, 3.63) is 0 Å². The highest BCUT2D eigenvalue weighted by molar-refractivity contribution is 4.50. The lowest BCUT2D eigenvalue weighted by Gasteiger charge is -2.10. The van der Waals surface area contributed by atoms with Gasteiger partial charge in [-0.1, -0.05) is 0 Å². The number of aliphatic hydroxyl groups is 1. The van der Waals surface area contributed by atoms with Crippen LogP contribution in [0.2, 0.25) is 0 Å². The van der Waals surface area contributed by atoms with Crippen LogP contribution in [0.4, 0.5) is 0 Å². The van der Waals surface area contributed by atoms with E-state index in [0.29, 0.717) is 12.7 Å². The van der Waals surface area contributed by atoms with Crippen molar-refractivity contribution in [1.29, 1.82) is 0 Å². The highest BCUT2D eigenvalue weighted by Gasteiger charge is 1.99. The number of unbranched alkanes of at least 4 members (excludes halogenated alkanes) is 1. The van der Waals surface area contributed by atoms with Gasteiger partial charge in [-0.25, -0.2) is 0 Å². The van der Waals surface area contributed by atoms with Crippen LogP contribution in [-0.4, -0.2) is 37.6 Å². The Bertz CT molecular complexity index is 96.2. The van der Waals surface area contributed by atoms with Gasteiger partial charge in [0.15, 0.2) is 0 Å². The summed E-state index contributed by atoms with van der Waals surface area (Å²) in [4.78, 5) is 0. The van der Waals surface area contributed by atoms with Crippen molar-refractivity contribution in [3.8, 4) is 0 Å². The second kappa shape index (κ2) is 9.96. The first-order valence-electron chi connectivity index (χ1n) is 5.11. The van der Waals surface area contributed by atoms with E-state index < -0.39 is 0 Å². The fraction of sp³-hybridized carbons (Fsp3) is 1.00. The van der Waals surface area contributed by atoms with Crippen LogP contribution in [0.25, 0.3) is 0 Å². The summed E-state index contributed by atoms with van der Waals surface area (Å²) in [5.74, 6) is 0. The molecule has 0 aromatic carbocycles. The van der Waals surface area contributed by atoms with E-state index in [1.165, 1.54) is 0 Å². The topological polar surface area (TPSA) is 38.7 Å². The van der Waals surface area contributed by atoms with Crippen LogP contribution >= 0.6 is 0 Å². The van der Waals surface area contributed by atoms with Gasteiger partial charge in [0.1, 0.15) is 0 Å². The van der Waals surface area contributed by atoms with Crippen molar-refractivity contribution >= 4 is 0 Å². The zero-order chi connectivity index (χ0) is 9.94. The summed E-state index contributed by atoms with van der Waals surface area (Å²) in [6, 6.07) is 0. The third-order valence-corrected chi connectivity index (χ3v) is 1.84. The smallest absolute Gasteiger partial charge is 0.0697 e. The number of ether oxygens (including phenoxy) is 2. The van der Waals surface area contributed by atoms with E-state index in [4.69, 9.17) is 14.6 Å². The highest BCUT2D eigenvalue weighted by Crippen LogP contribution is 2.04. The predicted molar refractivity (Wildman–Crippen MR) is 52.8 cm³/mol. The molecule has 0 bridgehead atoms. The molecule has 0 aromatic rings. The zero-order valence-corrected chi connectivity index (χ0v) is 8.79. The normalized spacial score (nSPS) is 13.2. The van der Waals surface area contributed by atoms with Crippen molar-refractivity contribution < 1.29 is 14.6 Å². The quantitative estimate of drug-likeness (QED) is 0.561. The molecule has 0 fully saturated rings. The molecule has 1 atom stereocenters. The van der Waals surface area contributed by atoms with E-state index in [0.717, 1.165) is 32.5 Å². The zero-order valence-electron chi connectivity index (χ0n) is 8.79. The Morgan fingerprint density at radius 3 is 2.62 bits per heavy atom. The predicted octanol–water partition coefficient (Wildman–Crippen LogP) is 1.59. The van der Waals surface area contributed by atoms with Gasteiger partial charge in [0.05, 0.1) is 19.3 Å². The number of hydrogen-bond donors (Lipinski definition) is 1. The lowest BCUT2D eigenvalue weighted by Crippen LogP contribution is -2.08. The van der Waals surface area contributed by atoms with Gasteiger partial charge in [0.2, 0.25) is 0 Å². The summed E-state index contributed by atoms with van der Waals surface area (Å²) < 4.78 is 10.5. The number of rotatable bonds is 9. The van der Waals surface area contributed by atoms with Crippen LogP contribution in [0.5, 0.6) is 0 Å². The van der Waals surface area contributed by atoms with E-state index in [1.807, 2.05) is 6.92 Å². The second-order valence-corrected chi connectivity index (χ2v) is 3.10. The molecule has 13 heavy (non-hydrogen) atoms. The van der Waals surface area contributed by atoms with Crippen molar-refractivity contribution in [3.63, 3.8) is 0 Å². The van der Waals surface area contributed by atoms with E-state index in [-0.39, 0.29) is 6.61 Å². The Morgan fingerprint density at radius 2 is 2.00 bits per heavy atom. The van der Waals surface area contributed by atoms with Crippen LogP contribution in [0.1, 0.15) is 33.1 Å². The fourth-order valence-corrected chi connectivity index (χ4v) is 1.17. The third kappa shape index (κ3) is 9.80. The molecule has 0 aliphatic carbocycles. The molecule has 3 heteroatoms. The Hall–Kier alpha value is -0.120. The molecule has 3 nitrogen and oxygen atoms in total. The summed E-state index contributed by atoms with van der Waals surface area (Å²) in [6.45, 7) is 6.23. The second-order valence-electron chi connectivity index (χ2n) is 3.10. The van der Waals surface area contributed by atoms with E-state index in [2.05, 4.69) is 6.92 Å². The van der Waals surface area contributed by atoms with Crippen LogP contribution in [0.15, 0.2) is 0 Å². The summed E-state index contributed by atoms with van der Waals surface area (Å²) in [5, 5.41) is 8.44. The molecular weight excluding hydrogens is 168 g/mol. The Labute approximate surface area is 81.0 Å². The molecule has 0 aromatic heterocycles. The maximum absolute atomic E-state index is 8.44. The minimum absolute atomic E-state index is 0.120. The van der Waals surface area contributed by atoms with Crippen LogP contribution < -0.4 is 0 Å². The first-order valence-corrected chi connectivity index (χ1v) is 5.11. The summed E-state index contributed by atoms with van der Waals surface area (Å²) in [6.07, 6.45) is 3.64. The molecule has 80 valence electrons. The van der Waals surface area contributed by atoms with Crippen molar-refractivity contribution in [1.82, 2.24) is 0 Å². The van der Waals surface area contributed by atoms with Crippen LogP contribution in [0, 0.1) is 0 Å².